The number of hydrogen-bond acceptors (Lipinski definition) is 5. The molecule has 1 N–H and O–H groups in total. The van der Waals surface area contributed by atoms with Crippen LogP contribution in [-0.2, 0) is 16.6 Å². The topological polar surface area (TPSA) is 84.9 Å². The number of rotatable bonds is 8. The largest absolute Gasteiger partial charge is 0.493 e. The maximum Gasteiger partial charge on any atom is 0.255 e. The van der Waals surface area contributed by atoms with Gasteiger partial charge in [-0.2, -0.15) is 0 Å². The second-order valence-electron chi connectivity index (χ2n) is 6.94. The maximum atomic E-state index is 14.2. The molecule has 0 saturated heterocycles. The first-order chi connectivity index (χ1) is 15.2. The summed E-state index contributed by atoms with van der Waals surface area (Å²) in [6.07, 6.45) is 1.02. The SMILES string of the molecule is COc1ccc(NC(=O)c2ccc(CN(c3ccccc3F)S(C)(=O)=O)cc2)cc1OC. The highest BCUT2D eigenvalue weighted by molar-refractivity contribution is 7.92. The molecular formula is C23H23FN2O5S. The van der Waals surface area contributed by atoms with Gasteiger partial charge in [0, 0.05) is 17.3 Å². The molecule has 0 heterocycles. The molecule has 0 bridgehead atoms. The van der Waals surface area contributed by atoms with Crippen molar-refractivity contribution in [1.82, 2.24) is 0 Å². The Labute approximate surface area is 186 Å². The van der Waals surface area contributed by atoms with Crippen molar-refractivity contribution >= 4 is 27.3 Å². The fraction of sp³-hybridized carbons (Fsp3) is 0.174. The lowest BCUT2D eigenvalue weighted by atomic mass is 10.1. The lowest BCUT2D eigenvalue weighted by molar-refractivity contribution is 0.102. The molecule has 0 aliphatic rings. The minimum Gasteiger partial charge on any atom is -0.493 e. The Balaban J connectivity index is 1.77. The monoisotopic (exact) mass is 458 g/mol. The molecule has 0 aliphatic carbocycles. The third-order valence-electron chi connectivity index (χ3n) is 4.71. The van der Waals surface area contributed by atoms with Crippen LogP contribution in [0.2, 0.25) is 0 Å². The molecule has 9 heteroatoms. The number of anilines is 2. The second-order valence-corrected chi connectivity index (χ2v) is 8.85. The summed E-state index contributed by atoms with van der Waals surface area (Å²) in [4.78, 5) is 12.6. The molecule has 1 amide bonds. The van der Waals surface area contributed by atoms with Crippen molar-refractivity contribution < 1.29 is 27.1 Å². The molecule has 0 aromatic heterocycles. The molecule has 3 aromatic carbocycles. The van der Waals surface area contributed by atoms with Gasteiger partial charge in [0.15, 0.2) is 11.5 Å². The number of amides is 1. The summed E-state index contributed by atoms with van der Waals surface area (Å²) in [5.74, 6) is 0.0384. The third kappa shape index (κ3) is 5.36. The van der Waals surface area contributed by atoms with Crippen LogP contribution in [0.3, 0.4) is 0 Å². The van der Waals surface area contributed by atoms with E-state index >= 15 is 0 Å². The van der Waals surface area contributed by atoms with Crippen LogP contribution >= 0.6 is 0 Å². The average molecular weight is 459 g/mol. The summed E-state index contributed by atoms with van der Waals surface area (Å²) < 4.78 is 50.1. The Bertz CT molecular complexity index is 1210. The van der Waals surface area contributed by atoms with Gasteiger partial charge in [-0.3, -0.25) is 9.10 Å². The number of nitrogens with one attached hydrogen (secondary N) is 1. The molecule has 0 saturated carbocycles. The van der Waals surface area contributed by atoms with E-state index in [-0.39, 0.29) is 18.1 Å². The van der Waals surface area contributed by atoms with Gasteiger partial charge in [0.25, 0.3) is 5.91 Å². The van der Waals surface area contributed by atoms with Gasteiger partial charge in [0.05, 0.1) is 32.7 Å². The van der Waals surface area contributed by atoms with Gasteiger partial charge in [0.1, 0.15) is 5.82 Å². The van der Waals surface area contributed by atoms with Crippen molar-refractivity contribution in [2.75, 3.05) is 30.1 Å². The number of carbonyl (C=O) groups is 1. The highest BCUT2D eigenvalue weighted by atomic mass is 32.2. The summed E-state index contributed by atoms with van der Waals surface area (Å²) in [5.41, 5.74) is 1.46. The molecule has 0 radical (unpaired) electrons. The van der Waals surface area contributed by atoms with Gasteiger partial charge in [-0.15, -0.1) is 0 Å². The van der Waals surface area contributed by atoms with Crippen molar-refractivity contribution in [3.63, 3.8) is 0 Å². The first-order valence-electron chi connectivity index (χ1n) is 9.57. The van der Waals surface area contributed by atoms with Crippen LogP contribution in [0.1, 0.15) is 15.9 Å². The standard InChI is InChI=1S/C23H23FN2O5S/c1-30-21-13-12-18(14-22(21)31-2)25-23(27)17-10-8-16(9-11-17)15-26(32(3,28)29)20-7-5-4-6-19(20)24/h4-14H,15H2,1-3H3,(H,25,27). The van der Waals surface area contributed by atoms with Crippen molar-refractivity contribution in [3.05, 3.63) is 83.7 Å². The highest BCUT2D eigenvalue weighted by Crippen LogP contribution is 2.30. The van der Waals surface area contributed by atoms with Crippen molar-refractivity contribution in [1.29, 1.82) is 0 Å². The van der Waals surface area contributed by atoms with Gasteiger partial charge >= 0.3 is 0 Å². The number of methoxy groups -OCH3 is 2. The maximum absolute atomic E-state index is 14.2. The minimum atomic E-state index is -3.73. The summed E-state index contributed by atoms with van der Waals surface area (Å²) in [6, 6.07) is 17.1. The second kappa shape index (κ2) is 9.69. The van der Waals surface area contributed by atoms with E-state index in [1.807, 2.05) is 0 Å². The number of benzene rings is 3. The lowest BCUT2D eigenvalue weighted by Crippen LogP contribution is -2.30. The first kappa shape index (κ1) is 23.1. The van der Waals surface area contributed by atoms with Crippen molar-refractivity contribution in [2.45, 2.75) is 6.54 Å². The van der Waals surface area contributed by atoms with Gasteiger partial charge in [-0.05, 0) is 42.0 Å². The average Bonchev–Trinajstić information content (AvgIpc) is 2.77. The lowest BCUT2D eigenvalue weighted by Gasteiger charge is -2.23. The van der Waals surface area contributed by atoms with Gasteiger partial charge in [-0.25, -0.2) is 12.8 Å². The number of carbonyl (C=O) groups excluding carboxylic acids is 1. The Kier molecular flexibility index (Phi) is 6.99. The fourth-order valence-corrected chi connectivity index (χ4v) is 3.97. The Morgan fingerprint density at radius 1 is 0.969 bits per heavy atom. The smallest absolute Gasteiger partial charge is 0.255 e. The zero-order valence-electron chi connectivity index (χ0n) is 17.8. The van der Waals surface area contributed by atoms with E-state index in [0.29, 0.717) is 28.3 Å². The predicted molar refractivity (Wildman–Crippen MR) is 121 cm³/mol. The van der Waals surface area contributed by atoms with Crippen molar-refractivity contribution in [2.24, 2.45) is 0 Å². The number of sulfonamides is 1. The van der Waals surface area contributed by atoms with Crippen LogP contribution in [0.4, 0.5) is 15.8 Å². The van der Waals surface area contributed by atoms with Crippen LogP contribution in [0.15, 0.2) is 66.7 Å². The van der Waals surface area contributed by atoms with Crippen LogP contribution in [0.25, 0.3) is 0 Å². The van der Waals surface area contributed by atoms with E-state index < -0.39 is 15.8 Å². The van der Waals surface area contributed by atoms with Crippen LogP contribution in [0.5, 0.6) is 11.5 Å². The van der Waals surface area contributed by atoms with Gasteiger partial charge < -0.3 is 14.8 Å². The molecule has 0 unspecified atom stereocenters. The molecule has 3 aromatic rings. The highest BCUT2D eigenvalue weighted by Gasteiger charge is 2.21. The van der Waals surface area contributed by atoms with Crippen molar-refractivity contribution in [3.8, 4) is 11.5 Å². The molecule has 0 fully saturated rings. The van der Waals surface area contributed by atoms with Crippen LogP contribution < -0.4 is 19.1 Å². The molecular weight excluding hydrogens is 435 g/mol. The third-order valence-corrected chi connectivity index (χ3v) is 5.83. The van der Waals surface area contributed by atoms with Crippen LogP contribution in [-0.4, -0.2) is 34.8 Å². The van der Waals surface area contributed by atoms with E-state index in [4.69, 9.17) is 9.47 Å². The summed E-state index contributed by atoms with van der Waals surface area (Å²) >= 11 is 0. The fourth-order valence-electron chi connectivity index (χ4n) is 3.08. The van der Waals surface area contributed by atoms with E-state index in [1.165, 1.54) is 32.4 Å². The molecule has 32 heavy (non-hydrogen) atoms. The normalized spacial score (nSPS) is 11.0. The zero-order valence-corrected chi connectivity index (χ0v) is 18.6. The Morgan fingerprint density at radius 3 is 2.22 bits per heavy atom. The summed E-state index contributed by atoms with van der Waals surface area (Å²) in [6.45, 7) is -0.0721. The molecule has 3 rings (SSSR count). The summed E-state index contributed by atoms with van der Waals surface area (Å²) in [5, 5.41) is 2.77. The molecule has 7 nitrogen and oxygen atoms in total. The number of nitrogens with zero attached hydrogens (tertiary/aromatic N) is 1. The van der Waals surface area contributed by atoms with Gasteiger partial charge in [0.2, 0.25) is 10.0 Å². The van der Waals surface area contributed by atoms with E-state index in [0.717, 1.165) is 10.6 Å². The van der Waals surface area contributed by atoms with E-state index in [1.54, 1.807) is 48.5 Å². The molecule has 0 spiro atoms. The zero-order chi connectivity index (χ0) is 23.3. The Morgan fingerprint density at radius 2 is 1.62 bits per heavy atom. The number of hydrogen-bond donors (Lipinski definition) is 1. The first-order valence-corrected chi connectivity index (χ1v) is 11.4. The molecule has 168 valence electrons. The van der Waals surface area contributed by atoms with Crippen LogP contribution in [0, 0.1) is 5.82 Å². The Hall–Kier alpha value is -3.59. The number of ether oxygens (including phenoxy) is 2. The molecule has 0 atom stereocenters. The summed E-state index contributed by atoms with van der Waals surface area (Å²) in [7, 11) is -0.700. The van der Waals surface area contributed by atoms with E-state index in [2.05, 4.69) is 5.32 Å². The number of para-hydroxylation sites is 1. The van der Waals surface area contributed by atoms with E-state index in [9.17, 15) is 17.6 Å². The van der Waals surface area contributed by atoms with Gasteiger partial charge in [-0.1, -0.05) is 24.3 Å². The number of halogens is 1. The quantitative estimate of drug-likeness (QED) is 0.550. The minimum absolute atomic E-state index is 0.0368. The molecule has 0 aliphatic heterocycles. The predicted octanol–water partition coefficient (Wildman–Crippen LogP) is 4.06.